The van der Waals surface area contributed by atoms with Crippen molar-refractivity contribution < 1.29 is 14.3 Å². The van der Waals surface area contributed by atoms with Gasteiger partial charge in [-0.25, -0.2) is 9.18 Å². The zero-order valence-corrected chi connectivity index (χ0v) is 8.27. The van der Waals surface area contributed by atoms with Crippen molar-refractivity contribution in [1.29, 1.82) is 0 Å². The Morgan fingerprint density at radius 1 is 1.60 bits per heavy atom. The molecular weight excluding hydrogens is 199 g/mol. The lowest BCUT2D eigenvalue weighted by atomic mass is 9.94. The molecule has 2 rings (SSSR count). The van der Waals surface area contributed by atoms with Gasteiger partial charge in [0.15, 0.2) is 0 Å². The van der Waals surface area contributed by atoms with Crippen LogP contribution in [-0.2, 0) is 0 Å². The number of halogens is 1. The van der Waals surface area contributed by atoms with E-state index in [4.69, 9.17) is 5.11 Å². The predicted molar refractivity (Wildman–Crippen MR) is 51.6 cm³/mol. The van der Waals surface area contributed by atoms with E-state index in [0.29, 0.717) is 12.8 Å². The van der Waals surface area contributed by atoms with Gasteiger partial charge in [-0.3, -0.25) is 4.68 Å². The van der Waals surface area contributed by atoms with Gasteiger partial charge in [0, 0.05) is 12.6 Å². The average Bonchev–Trinajstić information content (AvgIpc) is 2.66. The maximum atomic E-state index is 13.1. The molecule has 5 heteroatoms. The molecule has 1 aromatic rings. The summed E-state index contributed by atoms with van der Waals surface area (Å²) in [5.41, 5.74) is 0.163. The first-order chi connectivity index (χ1) is 7.16. The minimum absolute atomic E-state index is 0.0156. The third kappa shape index (κ3) is 2.16. The van der Waals surface area contributed by atoms with Crippen LogP contribution in [-0.4, -0.2) is 27.0 Å². The zero-order chi connectivity index (χ0) is 10.8. The molecule has 0 saturated heterocycles. The molecule has 1 aromatic heterocycles. The second kappa shape index (κ2) is 4.00. The van der Waals surface area contributed by atoms with Gasteiger partial charge in [0.05, 0.1) is 17.8 Å². The van der Waals surface area contributed by atoms with E-state index in [1.165, 1.54) is 12.4 Å². The lowest BCUT2D eigenvalue weighted by Crippen LogP contribution is -2.20. The van der Waals surface area contributed by atoms with Crippen molar-refractivity contribution in [3.63, 3.8) is 0 Å². The number of carboxylic acids is 1. The van der Waals surface area contributed by atoms with Crippen LogP contribution in [0.4, 0.5) is 4.39 Å². The highest BCUT2D eigenvalue weighted by molar-refractivity contribution is 5.86. The number of carboxylic acid groups (broad SMARTS) is 1. The molecule has 82 valence electrons. The summed E-state index contributed by atoms with van der Waals surface area (Å²) >= 11 is 0. The lowest BCUT2D eigenvalue weighted by molar-refractivity contribution is 0.0696. The molecule has 1 fully saturated rings. The van der Waals surface area contributed by atoms with Crippen molar-refractivity contribution in [3.8, 4) is 0 Å². The van der Waals surface area contributed by atoms with Crippen LogP contribution >= 0.6 is 0 Å². The fourth-order valence-electron chi connectivity index (χ4n) is 1.99. The quantitative estimate of drug-likeness (QED) is 0.816. The van der Waals surface area contributed by atoms with E-state index in [0.717, 1.165) is 12.8 Å². The number of alkyl halides is 1. The third-order valence-corrected chi connectivity index (χ3v) is 2.81. The number of carbonyl (C=O) groups is 1. The molecule has 15 heavy (non-hydrogen) atoms. The van der Waals surface area contributed by atoms with Gasteiger partial charge in [-0.15, -0.1) is 0 Å². The van der Waals surface area contributed by atoms with Crippen LogP contribution < -0.4 is 0 Å². The highest BCUT2D eigenvalue weighted by Gasteiger charge is 2.23. The molecule has 0 spiro atoms. The Balaban J connectivity index is 2.11. The minimum Gasteiger partial charge on any atom is -0.478 e. The van der Waals surface area contributed by atoms with Crippen LogP contribution in [0.5, 0.6) is 0 Å². The van der Waals surface area contributed by atoms with Crippen LogP contribution in [0.1, 0.15) is 42.1 Å². The Hall–Kier alpha value is -1.39. The van der Waals surface area contributed by atoms with Crippen LogP contribution in [0.15, 0.2) is 12.4 Å². The number of rotatable bonds is 2. The molecular formula is C10H13FN2O2. The lowest BCUT2D eigenvalue weighted by Gasteiger charge is -2.24. The third-order valence-electron chi connectivity index (χ3n) is 2.81. The summed E-state index contributed by atoms with van der Waals surface area (Å²) in [6, 6.07) is 0.0156. The van der Waals surface area contributed by atoms with E-state index >= 15 is 0 Å². The summed E-state index contributed by atoms with van der Waals surface area (Å²) in [6.45, 7) is 0. The van der Waals surface area contributed by atoms with Gasteiger partial charge in [-0.2, -0.15) is 5.10 Å². The SMILES string of the molecule is O=C(O)c1cnn(C2CCCC(F)C2)c1. The first-order valence-corrected chi connectivity index (χ1v) is 5.08. The molecule has 1 N–H and O–H groups in total. The maximum Gasteiger partial charge on any atom is 0.338 e. The Morgan fingerprint density at radius 2 is 2.40 bits per heavy atom. The molecule has 1 saturated carbocycles. The Labute approximate surface area is 86.7 Å². The second-order valence-electron chi connectivity index (χ2n) is 3.93. The predicted octanol–water partition coefficient (Wildman–Crippen LogP) is 2.03. The van der Waals surface area contributed by atoms with Gasteiger partial charge in [0.1, 0.15) is 6.17 Å². The van der Waals surface area contributed by atoms with E-state index in [1.807, 2.05) is 0 Å². The molecule has 1 aliphatic carbocycles. The van der Waals surface area contributed by atoms with E-state index < -0.39 is 12.1 Å². The van der Waals surface area contributed by atoms with Gasteiger partial charge >= 0.3 is 5.97 Å². The van der Waals surface area contributed by atoms with Crippen molar-refractivity contribution in [3.05, 3.63) is 18.0 Å². The maximum absolute atomic E-state index is 13.1. The number of aromatic nitrogens is 2. The summed E-state index contributed by atoms with van der Waals surface area (Å²) in [7, 11) is 0. The highest BCUT2D eigenvalue weighted by Crippen LogP contribution is 2.29. The molecule has 0 aliphatic heterocycles. The van der Waals surface area contributed by atoms with E-state index in [1.54, 1.807) is 4.68 Å². The van der Waals surface area contributed by atoms with Gasteiger partial charge in [-0.05, 0) is 19.3 Å². The van der Waals surface area contributed by atoms with E-state index in [-0.39, 0.29) is 11.6 Å². The summed E-state index contributed by atoms with van der Waals surface area (Å²) in [6.07, 6.45) is 4.79. The Morgan fingerprint density at radius 3 is 3.00 bits per heavy atom. The van der Waals surface area contributed by atoms with Crippen LogP contribution in [0.3, 0.4) is 0 Å². The van der Waals surface area contributed by atoms with Crippen LogP contribution in [0.2, 0.25) is 0 Å². The molecule has 4 nitrogen and oxygen atoms in total. The van der Waals surface area contributed by atoms with E-state index in [9.17, 15) is 9.18 Å². The second-order valence-corrected chi connectivity index (χ2v) is 3.93. The minimum atomic E-state index is -0.992. The summed E-state index contributed by atoms with van der Waals surface area (Å²) in [4.78, 5) is 10.6. The van der Waals surface area contributed by atoms with Crippen molar-refractivity contribution in [1.82, 2.24) is 9.78 Å². The fourth-order valence-corrected chi connectivity index (χ4v) is 1.99. The van der Waals surface area contributed by atoms with Crippen LogP contribution in [0, 0.1) is 0 Å². The van der Waals surface area contributed by atoms with E-state index in [2.05, 4.69) is 5.10 Å². The first kappa shape index (κ1) is 10.1. The largest absolute Gasteiger partial charge is 0.478 e. The summed E-state index contributed by atoms with van der Waals surface area (Å²) < 4.78 is 14.7. The highest BCUT2D eigenvalue weighted by atomic mass is 19.1. The zero-order valence-electron chi connectivity index (χ0n) is 8.27. The number of aromatic carboxylic acids is 1. The van der Waals surface area contributed by atoms with Crippen molar-refractivity contribution in [2.75, 3.05) is 0 Å². The molecule has 0 aromatic carbocycles. The molecule has 2 unspecified atom stereocenters. The van der Waals surface area contributed by atoms with Gasteiger partial charge in [-0.1, -0.05) is 0 Å². The molecule has 0 amide bonds. The molecule has 0 bridgehead atoms. The van der Waals surface area contributed by atoms with Crippen molar-refractivity contribution in [2.24, 2.45) is 0 Å². The number of hydrogen-bond donors (Lipinski definition) is 1. The van der Waals surface area contributed by atoms with Crippen molar-refractivity contribution in [2.45, 2.75) is 37.9 Å². The first-order valence-electron chi connectivity index (χ1n) is 5.08. The number of hydrogen-bond acceptors (Lipinski definition) is 2. The van der Waals surface area contributed by atoms with Gasteiger partial charge in [0.2, 0.25) is 0 Å². The molecule has 2 atom stereocenters. The number of nitrogens with zero attached hydrogens (tertiary/aromatic N) is 2. The molecule has 0 radical (unpaired) electrons. The summed E-state index contributed by atoms with van der Waals surface area (Å²) in [5, 5.41) is 12.7. The van der Waals surface area contributed by atoms with Crippen LogP contribution in [0.25, 0.3) is 0 Å². The van der Waals surface area contributed by atoms with Gasteiger partial charge < -0.3 is 5.11 Å². The van der Waals surface area contributed by atoms with Gasteiger partial charge in [0.25, 0.3) is 0 Å². The fraction of sp³-hybridized carbons (Fsp3) is 0.600. The Bertz CT molecular complexity index is 364. The Kier molecular flexibility index (Phi) is 2.70. The topological polar surface area (TPSA) is 55.1 Å². The summed E-state index contributed by atoms with van der Waals surface area (Å²) in [5.74, 6) is -0.992. The smallest absolute Gasteiger partial charge is 0.338 e. The average molecular weight is 212 g/mol. The normalized spacial score (nSPS) is 26.5. The molecule has 1 aliphatic rings. The van der Waals surface area contributed by atoms with Crippen molar-refractivity contribution >= 4 is 5.97 Å². The molecule has 1 heterocycles. The standard InChI is InChI=1S/C10H13FN2O2/c11-8-2-1-3-9(4-8)13-6-7(5-12-13)10(14)15/h5-6,8-9H,1-4H2,(H,14,15). The monoisotopic (exact) mass is 212 g/mol.